The maximum absolute atomic E-state index is 13.5. The summed E-state index contributed by atoms with van der Waals surface area (Å²) in [5, 5.41) is 8.68. The van der Waals surface area contributed by atoms with Gasteiger partial charge >= 0.3 is 6.03 Å². The first kappa shape index (κ1) is 20.2. The Hall–Kier alpha value is -2.16. The molecule has 1 aliphatic heterocycles. The number of hydrogen-bond acceptors (Lipinski definition) is 4. The smallest absolute Gasteiger partial charge is 0.316 e. The van der Waals surface area contributed by atoms with Gasteiger partial charge in [0.05, 0.1) is 5.69 Å². The summed E-state index contributed by atoms with van der Waals surface area (Å²) in [6.45, 7) is 1.66. The third-order valence-corrected chi connectivity index (χ3v) is 5.12. The molecular weight excluding hydrogens is 379 g/mol. The number of rotatable bonds is 4. The van der Waals surface area contributed by atoms with Crippen molar-refractivity contribution in [2.45, 2.75) is 18.9 Å². The number of benzene rings is 1. The van der Waals surface area contributed by atoms with E-state index in [9.17, 15) is 14.0 Å². The Kier molecular flexibility index (Phi) is 6.96. The Morgan fingerprint density at radius 3 is 2.77 bits per heavy atom. The van der Waals surface area contributed by atoms with Gasteiger partial charge in [0.15, 0.2) is 0 Å². The Bertz CT molecular complexity index is 793. The maximum Gasteiger partial charge on any atom is 0.316 e. The molecule has 0 aliphatic carbocycles. The fourth-order valence-corrected chi connectivity index (χ4v) is 3.81. The summed E-state index contributed by atoms with van der Waals surface area (Å²) in [6, 6.07) is 7.00. The number of primary amides is 1. The first-order valence-electron chi connectivity index (χ1n) is 8.01. The predicted octanol–water partition coefficient (Wildman–Crippen LogP) is 2.95. The molecule has 2 aromatic rings. The third-order valence-electron chi connectivity index (χ3n) is 3.94. The highest BCUT2D eigenvalue weighted by Gasteiger charge is 2.22. The standard InChI is InChI=1S/C17H19FN4O2S.ClH/c18-11-4-1-3-10(7-11)14-8-13(22-17(19)24)15(25-14)16(23)21-12-5-2-6-20-9-12;/h1,3-4,7-8,12,20H,2,5-6,9H2,(H,21,23)(H3,19,22,24);1H/t12-;/m1./s1. The second-order valence-corrected chi connectivity index (χ2v) is 6.92. The number of amides is 3. The van der Waals surface area contributed by atoms with Crippen LogP contribution in [0.25, 0.3) is 10.4 Å². The molecule has 3 amide bonds. The van der Waals surface area contributed by atoms with Crippen molar-refractivity contribution in [2.75, 3.05) is 18.4 Å². The van der Waals surface area contributed by atoms with Gasteiger partial charge in [-0.05, 0) is 43.1 Å². The Balaban J connectivity index is 0.00000243. The van der Waals surface area contributed by atoms with Crippen LogP contribution in [0.1, 0.15) is 22.5 Å². The Labute approximate surface area is 160 Å². The van der Waals surface area contributed by atoms with Gasteiger partial charge in [0.25, 0.3) is 5.91 Å². The fourth-order valence-electron chi connectivity index (χ4n) is 2.80. The van der Waals surface area contributed by atoms with Gasteiger partial charge in [-0.2, -0.15) is 0 Å². The number of carbonyl (C=O) groups excluding carboxylic acids is 2. The zero-order chi connectivity index (χ0) is 17.8. The van der Waals surface area contributed by atoms with E-state index in [-0.39, 0.29) is 30.2 Å². The van der Waals surface area contributed by atoms with Gasteiger partial charge in [0, 0.05) is 17.5 Å². The first-order valence-corrected chi connectivity index (χ1v) is 8.82. The summed E-state index contributed by atoms with van der Waals surface area (Å²) in [7, 11) is 0. The fraction of sp³-hybridized carbons (Fsp3) is 0.294. The summed E-state index contributed by atoms with van der Waals surface area (Å²) in [5.74, 6) is -0.639. The highest BCUT2D eigenvalue weighted by molar-refractivity contribution is 7.18. The molecule has 26 heavy (non-hydrogen) atoms. The quantitative estimate of drug-likeness (QED) is 0.637. The van der Waals surface area contributed by atoms with Crippen molar-refractivity contribution in [1.82, 2.24) is 10.6 Å². The molecule has 1 aromatic carbocycles. The highest BCUT2D eigenvalue weighted by Crippen LogP contribution is 2.35. The van der Waals surface area contributed by atoms with E-state index >= 15 is 0 Å². The van der Waals surface area contributed by atoms with Crippen molar-refractivity contribution >= 4 is 41.4 Å². The van der Waals surface area contributed by atoms with E-state index < -0.39 is 6.03 Å². The molecule has 1 aromatic heterocycles. The molecule has 1 saturated heterocycles. The topological polar surface area (TPSA) is 96.2 Å². The number of nitrogens with two attached hydrogens (primary N) is 1. The van der Waals surface area contributed by atoms with Crippen LogP contribution in [0.15, 0.2) is 30.3 Å². The molecule has 0 bridgehead atoms. The average molecular weight is 399 g/mol. The second-order valence-electron chi connectivity index (χ2n) is 5.87. The Morgan fingerprint density at radius 1 is 1.31 bits per heavy atom. The van der Waals surface area contributed by atoms with Crippen LogP contribution in [-0.2, 0) is 0 Å². The number of thiophene rings is 1. The normalized spacial score (nSPS) is 16.4. The molecule has 1 atom stereocenters. The monoisotopic (exact) mass is 398 g/mol. The summed E-state index contributed by atoms with van der Waals surface area (Å²) in [6.07, 6.45) is 1.90. The minimum absolute atomic E-state index is 0. The molecule has 0 unspecified atom stereocenters. The Morgan fingerprint density at radius 2 is 2.12 bits per heavy atom. The number of hydrogen-bond donors (Lipinski definition) is 4. The average Bonchev–Trinajstić information content (AvgIpc) is 2.99. The molecule has 6 nitrogen and oxygen atoms in total. The molecular formula is C17H20ClFN4O2S. The number of urea groups is 1. The summed E-state index contributed by atoms with van der Waals surface area (Å²) in [5.41, 5.74) is 6.17. The van der Waals surface area contributed by atoms with Crippen molar-refractivity contribution in [1.29, 1.82) is 0 Å². The molecule has 9 heteroatoms. The number of nitrogens with one attached hydrogen (secondary N) is 3. The van der Waals surface area contributed by atoms with Gasteiger partial charge in [0.1, 0.15) is 10.7 Å². The van der Waals surface area contributed by atoms with E-state index in [2.05, 4.69) is 16.0 Å². The van der Waals surface area contributed by atoms with Gasteiger partial charge in [0.2, 0.25) is 0 Å². The van der Waals surface area contributed by atoms with Gasteiger partial charge in [-0.25, -0.2) is 9.18 Å². The number of carbonyl (C=O) groups is 2. The van der Waals surface area contributed by atoms with E-state index in [0.717, 1.165) is 19.4 Å². The largest absolute Gasteiger partial charge is 0.351 e. The van der Waals surface area contributed by atoms with Crippen LogP contribution in [0.4, 0.5) is 14.9 Å². The van der Waals surface area contributed by atoms with Crippen LogP contribution < -0.4 is 21.7 Å². The van der Waals surface area contributed by atoms with Crippen molar-refractivity contribution < 1.29 is 14.0 Å². The van der Waals surface area contributed by atoms with E-state index in [4.69, 9.17) is 5.73 Å². The van der Waals surface area contributed by atoms with Crippen LogP contribution in [0, 0.1) is 5.82 Å². The molecule has 0 spiro atoms. The van der Waals surface area contributed by atoms with Gasteiger partial charge in [-0.3, -0.25) is 4.79 Å². The van der Waals surface area contributed by atoms with Gasteiger partial charge in [-0.15, -0.1) is 23.7 Å². The van der Waals surface area contributed by atoms with Crippen LogP contribution in [0.3, 0.4) is 0 Å². The first-order chi connectivity index (χ1) is 12.0. The summed E-state index contributed by atoms with van der Waals surface area (Å²) in [4.78, 5) is 24.9. The van der Waals surface area contributed by atoms with Crippen molar-refractivity contribution in [3.05, 3.63) is 41.0 Å². The second kappa shape index (κ2) is 8.98. The lowest BCUT2D eigenvalue weighted by molar-refractivity contribution is 0.0935. The minimum atomic E-state index is -0.753. The van der Waals surface area contributed by atoms with Gasteiger partial charge < -0.3 is 21.7 Å². The zero-order valence-electron chi connectivity index (χ0n) is 13.9. The lowest BCUT2D eigenvalue weighted by atomic mass is 10.1. The van der Waals surface area contributed by atoms with E-state index in [1.165, 1.54) is 23.5 Å². The summed E-state index contributed by atoms with van der Waals surface area (Å²) >= 11 is 1.19. The molecule has 140 valence electrons. The molecule has 3 rings (SSSR count). The van der Waals surface area contributed by atoms with Crippen LogP contribution in [0.2, 0.25) is 0 Å². The third kappa shape index (κ3) is 4.94. The van der Waals surface area contributed by atoms with Gasteiger partial charge in [-0.1, -0.05) is 12.1 Å². The number of anilines is 1. The van der Waals surface area contributed by atoms with E-state index in [0.29, 0.717) is 27.5 Å². The van der Waals surface area contributed by atoms with Crippen LogP contribution in [0.5, 0.6) is 0 Å². The molecule has 0 saturated carbocycles. The molecule has 0 radical (unpaired) electrons. The molecule has 1 fully saturated rings. The van der Waals surface area contributed by atoms with Crippen LogP contribution >= 0.6 is 23.7 Å². The van der Waals surface area contributed by atoms with E-state index in [1.54, 1.807) is 18.2 Å². The highest BCUT2D eigenvalue weighted by atomic mass is 35.5. The SMILES string of the molecule is Cl.NC(=O)Nc1cc(-c2cccc(F)c2)sc1C(=O)N[C@@H]1CCCNC1. The molecule has 1 aliphatic rings. The molecule has 5 N–H and O–H groups in total. The number of piperidine rings is 1. The van der Waals surface area contributed by atoms with Crippen molar-refractivity contribution in [3.8, 4) is 10.4 Å². The van der Waals surface area contributed by atoms with Crippen molar-refractivity contribution in [3.63, 3.8) is 0 Å². The predicted molar refractivity (Wildman–Crippen MR) is 104 cm³/mol. The lowest BCUT2D eigenvalue weighted by Crippen LogP contribution is -2.45. The van der Waals surface area contributed by atoms with E-state index in [1.807, 2.05) is 0 Å². The zero-order valence-corrected chi connectivity index (χ0v) is 15.5. The van der Waals surface area contributed by atoms with Crippen LogP contribution in [-0.4, -0.2) is 31.1 Å². The minimum Gasteiger partial charge on any atom is -0.351 e. The molecule has 2 heterocycles. The lowest BCUT2D eigenvalue weighted by Gasteiger charge is -2.23. The number of halogens is 2. The summed E-state index contributed by atoms with van der Waals surface area (Å²) < 4.78 is 13.5. The van der Waals surface area contributed by atoms with Crippen molar-refractivity contribution in [2.24, 2.45) is 5.73 Å². The maximum atomic E-state index is 13.5.